The standard InChI is InChI=1S/C14H17ClN2OS/c1-19-9-11(6-7-18)16-13-8-10-4-2-3-5-12(10)14(15)17-13/h2-5,8,11,18H,6-7,9H2,1H3,(H,16,17). The van der Waals surface area contributed by atoms with Crippen LogP contribution in [0.15, 0.2) is 30.3 Å². The van der Waals surface area contributed by atoms with Gasteiger partial charge in [-0.05, 0) is 24.1 Å². The van der Waals surface area contributed by atoms with Crippen LogP contribution in [0.1, 0.15) is 6.42 Å². The van der Waals surface area contributed by atoms with Crippen molar-refractivity contribution in [1.82, 2.24) is 4.98 Å². The Morgan fingerprint density at radius 1 is 1.42 bits per heavy atom. The van der Waals surface area contributed by atoms with Crippen molar-refractivity contribution in [2.75, 3.05) is 23.9 Å². The van der Waals surface area contributed by atoms with E-state index in [9.17, 15) is 0 Å². The predicted octanol–water partition coefficient (Wildman–Crippen LogP) is 3.41. The van der Waals surface area contributed by atoms with Crippen LogP contribution in [0.5, 0.6) is 0 Å². The van der Waals surface area contributed by atoms with Crippen LogP contribution in [0.3, 0.4) is 0 Å². The Kier molecular flexibility index (Phi) is 5.31. The molecule has 5 heteroatoms. The molecule has 1 aromatic carbocycles. The van der Waals surface area contributed by atoms with E-state index in [1.807, 2.05) is 36.6 Å². The molecule has 2 rings (SSSR count). The zero-order valence-corrected chi connectivity index (χ0v) is 12.3. The quantitative estimate of drug-likeness (QED) is 0.802. The molecule has 0 spiro atoms. The Labute approximate surface area is 122 Å². The number of hydrogen-bond donors (Lipinski definition) is 2. The van der Waals surface area contributed by atoms with E-state index in [-0.39, 0.29) is 12.6 Å². The van der Waals surface area contributed by atoms with Gasteiger partial charge in [-0.15, -0.1) is 0 Å². The number of pyridine rings is 1. The van der Waals surface area contributed by atoms with Gasteiger partial charge in [-0.3, -0.25) is 0 Å². The van der Waals surface area contributed by atoms with Crippen LogP contribution in [0, 0.1) is 0 Å². The van der Waals surface area contributed by atoms with Crippen LogP contribution in [0.4, 0.5) is 5.82 Å². The molecular formula is C14H17ClN2OS. The van der Waals surface area contributed by atoms with Gasteiger partial charge in [-0.25, -0.2) is 4.98 Å². The van der Waals surface area contributed by atoms with Crippen molar-refractivity contribution in [1.29, 1.82) is 0 Å². The Morgan fingerprint density at radius 2 is 2.21 bits per heavy atom. The van der Waals surface area contributed by atoms with Gasteiger partial charge in [-0.2, -0.15) is 11.8 Å². The van der Waals surface area contributed by atoms with E-state index in [0.29, 0.717) is 11.6 Å². The van der Waals surface area contributed by atoms with Crippen LogP contribution in [-0.2, 0) is 0 Å². The Balaban J connectivity index is 2.24. The van der Waals surface area contributed by atoms with Gasteiger partial charge in [0.1, 0.15) is 11.0 Å². The molecule has 1 atom stereocenters. The third-order valence-electron chi connectivity index (χ3n) is 2.89. The maximum atomic E-state index is 9.07. The lowest BCUT2D eigenvalue weighted by atomic mass is 10.1. The summed E-state index contributed by atoms with van der Waals surface area (Å²) in [5.41, 5.74) is 0. The highest BCUT2D eigenvalue weighted by Gasteiger charge is 2.10. The first-order chi connectivity index (χ1) is 9.24. The second kappa shape index (κ2) is 6.98. The van der Waals surface area contributed by atoms with Gasteiger partial charge in [0.25, 0.3) is 0 Å². The normalized spacial score (nSPS) is 12.6. The van der Waals surface area contributed by atoms with Crippen molar-refractivity contribution in [3.8, 4) is 0 Å². The third-order valence-corrected chi connectivity index (χ3v) is 3.92. The molecule has 0 amide bonds. The highest BCUT2D eigenvalue weighted by atomic mass is 35.5. The Hall–Kier alpha value is -0.970. The number of thioether (sulfide) groups is 1. The fourth-order valence-corrected chi connectivity index (χ4v) is 2.91. The molecule has 0 bridgehead atoms. The summed E-state index contributed by atoms with van der Waals surface area (Å²) < 4.78 is 0. The number of aromatic nitrogens is 1. The van der Waals surface area contributed by atoms with Crippen LogP contribution >= 0.6 is 23.4 Å². The van der Waals surface area contributed by atoms with E-state index in [4.69, 9.17) is 16.7 Å². The highest BCUT2D eigenvalue weighted by molar-refractivity contribution is 7.98. The monoisotopic (exact) mass is 296 g/mol. The summed E-state index contributed by atoms with van der Waals surface area (Å²) in [4.78, 5) is 4.37. The zero-order valence-electron chi connectivity index (χ0n) is 10.8. The molecule has 0 radical (unpaired) electrons. The molecule has 0 saturated carbocycles. The van der Waals surface area contributed by atoms with E-state index in [2.05, 4.69) is 10.3 Å². The largest absolute Gasteiger partial charge is 0.396 e. The summed E-state index contributed by atoms with van der Waals surface area (Å²) in [6.45, 7) is 0.166. The lowest BCUT2D eigenvalue weighted by molar-refractivity contribution is 0.282. The van der Waals surface area contributed by atoms with Crippen LogP contribution in [0.25, 0.3) is 10.8 Å². The van der Waals surface area contributed by atoms with Gasteiger partial charge in [-0.1, -0.05) is 35.9 Å². The van der Waals surface area contributed by atoms with Gasteiger partial charge < -0.3 is 10.4 Å². The minimum atomic E-state index is 0.166. The summed E-state index contributed by atoms with van der Waals surface area (Å²) in [5.74, 6) is 1.68. The second-order valence-electron chi connectivity index (χ2n) is 4.33. The molecule has 19 heavy (non-hydrogen) atoms. The summed E-state index contributed by atoms with van der Waals surface area (Å²) in [5, 5.41) is 14.9. The number of fused-ring (bicyclic) bond motifs is 1. The van der Waals surface area contributed by atoms with Crippen molar-refractivity contribution in [2.45, 2.75) is 12.5 Å². The lowest BCUT2D eigenvalue weighted by Crippen LogP contribution is -2.24. The number of rotatable bonds is 6. The van der Waals surface area contributed by atoms with Crippen molar-refractivity contribution in [3.05, 3.63) is 35.5 Å². The molecule has 2 aromatic rings. The number of halogens is 1. The Bertz CT molecular complexity index is 544. The van der Waals surface area contributed by atoms with E-state index < -0.39 is 0 Å². The fraction of sp³-hybridized carbons (Fsp3) is 0.357. The number of aliphatic hydroxyl groups excluding tert-OH is 1. The van der Waals surface area contributed by atoms with Crippen molar-refractivity contribution in [3.63, 3.8) is 0 Å². The van der Waals surface area contributed by atoms with Crippen molar-refractivity contribution < 1.29 is 5.11 Å². The second-order valence-corrected chi connectivity index (χ2v) is 5.60. The molecule has 102 valence electrons. The number of anilines is 1. The molecule has 1 heterocycles. The number of nitrogens with one attached hydrogen (secondary N) is 1. The fourth-order valence-electron chi connectivity index (χ4n) is 1.99. The van der Waals surface area contributed by atoms with E-state index in [1.54, 1.807) is 11.8 Å². The minimum Gasteiger partial charge on any atom is -0.396 e. The topological polar surface area (TPSA) is 45.1 Å². The molecular weight excluding hydrogens is 280 g/mol. The molecule has 3 nitrogen and oxygen atoms in total. The summed E-state index contributed by atoms with van der Waals surface area (Å²) >= 11 is 7.94. The predicted molar refractivity (Wildman–Crippen MR) is 84.2 cm³/mol. The molecule has 0 aliphatic carbocycles. The number of aliphatic hydroxyl groups is 1. The first-order valence-corrected chi connectivity index (χ1v) is 7.93. The maximum Gasteiger partial charge on any atom is 0.139 e. The van der Waals surface area contributed by atoms with E-state index >= 15 is 0 Å². The van der Waals surface area contributed by atoms with Crippen LogP contribution < -0.4 is 5.32 Å². The van der Waals surface area contributed by atoms with Gasteiger partial charge in [0.05, 0.1) is 0 Å². The van der Waals surface area contributed by atoms with Gasteiger partial charge in [0, 0.05) is 23.8 Å². The molecule has 2 N–H and O–H groups in total. The summed E-state index contributed by atoms with van der Waals surface area (Å²) in [6, 6.07) is 10.1. The molecule has 0 aliphatic rings. The number of hydrogen-bond acceptors (Lipinski definition) is 4. The first kappa shape index (κ1) is 14.4. The SMILES string of the molecule is CSCC(CCO)Nc1cc2ccccc2c(Cl)n1. The average Bonchev–Trinajstić information content (AvgIpc) is 2.39. The van der Waals surface area contributed by atoms with Crippen molar-refractivity contribution in [2.24, 2.45) is 0 Å². The summed E-state index contributed by atoms with van der Waals surface area (Å²) in [6.07, 6.45) is 2.75. The van der Waals surface area contributed by atoms with E-state index in [0.717, 1.165) is 22.3 Å². The Morgan fingerprint density at radius 3 is 2.95 bits per heavy atom. The molecule has 1 aromatic heterocycles. The van der Waals surface area contributed by atoms with Gasteiger partial charge in [0.15, 0.2) is 0 Å². The maximum absolute atomic E-state index is 9.07. The number of nitrogens with zero attached hydrogens (tertiary/aromatic N) is 1. The lowest BCUT2D eigenvalue weighted by Gasteiger charge is -2.17. The van der Waals surface area contributed by atoms with Crippen LogP contribution in [-0.4, -0.2) is 34.7 Å². The third kappa shape index (κ3) is 3.75. The van der Waals surface area contributed by atoms with E-state index in [1.165, 1.54) is 0 Å². The molecule has 0 saturated heterocycles. The summed E-state index contributed by atoms with van der Waals surface area (Å²) in [7, 11) is 0. The first-order valence-electron chi connectivity index (χ1n) is 6.16. The van der Waals surface area contributed by atoms with Gasteiger partial charge >= 0.3 is 0 Å². The molecule has 0 aliphatic heterocycles. The van der Waals surface area contributed by atoms with Crippen molar-refractivity contribution >= 4 is 40.0 Å². The average molecular weight is 297 g/mol. The smallest absolute Gasteiger partial charge is 0.139 e. The number of benzene rings is 1. The highest BCUT2D eigenvalue weighted by Crippen LogP contribution is 2.25. The zero-order chi connectivity index (χ0) is 13.7. The van der Waals surface area contributed by atoms with Gasteiger partial charge in [0.2, 0.25) is 0 Å². The van der Waals surface area contributed by atoms with Crippen LogP contribution in [0.2, 0.25) is 5.15 Å². The molecule has 0 fully saturated rings. The molecule has 1 unspecified atom stereocenters. The minimum absolute atomic E-state index is 0.166.